The minimum Gasteiger partial charge on any atom is -0.329 e. The molecule has 1 aliphatic rings. The number of benzene rings is 1. The summed E-state index contributed by atoms with van der Waals surface area (Å²) >= 11 is 0. The van der Waals surface area contributed by atoms with Crippen LogP contribution in [0.15, 0.2) is 24.3 Å². The van der Waals surface area contributed by atoms with Gasteiger partial charge in [-0.2, -0.15) is 0 Å². The maximum atomic E-state index is 11.9. The highest BCUT2D eigenvalue weighted by Crippen LogP contribution is 2.13. The molecule has 1 heterocycles. The van der Waals surface area contributed by atoms with Crippen LogP contribution in [0.25, 0.3) is 0 Å². The summed E-state index contributed by atoms with van der Waals surface area (Å²) in [5.74, 6) is 0.0120. The fourth-order valence-electron chi connectivity index (χ4n) is 2.24. The Bertz CT molecular complexity index is 425. The Morgan fingerprint density at radius 1 is 1.11 bits per heavy atom. The average Bonchev–Trinajstić information content (AvgIpc) is 2.42. The second-order valence-corrected chi connectivity index (χ2v) is 4.72. The van der Waals surface area contributed by atoms with Crippen LogP contribution in [-0.2, 0) is 9.59 Å². The first-order valence-corrected chi connectivity index (χ1v) is 6.60. The number of nitrogens with zero attached hydrogens (tertiary/aromatic N) is 1. The number of hydrogen-bond acceptors (Lipinski definition) is 3. The van der Waals surface area contributed by atoms with Crippen molar-refractivity contribution in [3.63, 3.8) is 0 Å². The number of hydrogen-bond donors (Lipinski definition) is 2. The predicted octanol–water partition coefficient (Wildman–Crippen LogP) is 1.68. The van der Waals surface area contributed by atoms with E-state index in [1.54, 1.807) is 24.3 Å². The number of likely N-dealkylation sites (tertiary alicyclic amines) is 1. The van der Waals surface area contributed by atoms with Crippen molar-refractivity contribution in [2.24, 2.45) is 0 Å². The lowest BCUT2D eigenvalue weighted by molar-refractivity contribution is -0.117. The molecule has 1 aromatic rings. The molecular formula is C14H19N3O2. The molecule has 5 heteroatoms. The normalized spacial score (nSPS) is 15.8. The van der Waals surface area contributed by atoms with Crippen molar-refractivity contribution in [2.75, 3.05) is 30.3 Å². The molecule has 0 spiro atoms. The molecule has 0 aromatic heterocycles. The van der Waals surface area contributed by atoms with Crippen LogP contribution >= 0.6 is 0 Å². The third kappa shape index (κ3) is 4.37. The summed E-state index contributed by atoms with van der Waals surface area (Å²) in [6.45, 7) is 2.47. The standard InChI is InChI=1S/C14H19N3O2/c18-11-15-12-4-6-13(7-5-12)16-14(19)10-17-8-2-1-3-9-17/h4-7,11H,1-3,8-10H2,(H,15,18)(H,16,19). The minimum absolute atomic E-state index is 0.0120. The zero-order valence-electron chi connectivity index (χ0n) is 10.9. The summed E-state index contributed by atoms with van der Waals surface area (Å²) in [6, 6.07) is 7.07. The van der Waals surface area contributed by atoms with E-state index in [9.17, 15) is 9.59 Å². The molecule has 0 aliphatic carbocycles. The van der Waals surface area contributed by atoms with Gasteiger partial charge < -0.3 is 10.6 Å². The van der Waals surface area contributed by atoms with Crippen LogP contribution in [0.5, 0.6) is 0 Å². The molecule has 19 heavy (non-hydrogen) atoms. The zero-order chi connectivity index (χ0) is 13.5. The van der Waals surface area contributed by atoms with E-state index in [1.807, 2.05) is 0 Å². The number of nitrogens with one attached hydrogen (secondary N) is 2. The molecule has 102 valence electrons. The van der Waals surface area contributed by atoms with Crippen LogP contribution in [0.2, 0.25) is 0 Å². The Labute approximate surface area is 113 Å². The Kier molecular flexibility index (Phi) is 4.92. The lowest BCUT2D eigenvalue weighted by Gasteiger charge is -2.25. The number of rotatable bonds is 5. The van der Waals surface area contributed by atoms with Crippen LogP contribution in [0.3, 0.4) is 0 Å². The smallest absolute Gasteiger partial charge is 0.238 e. The molecule has 1 aromatic carbocycles. The van der Waals surface area contributed by atoms with Crippen LogP contribution < -0.4 is 10.6 Å². The van der Waals surface area contributed by atoms with Gasteiger partial charge in [0.05, 0.1) is 6.54 Å². The number of carbonyl (C=O) groups is 2. The van der Waals surface area contributed by atoms with Gasteiger partial charge in [0, 0.05) is 11.4 Å². The maximum absolute atomic E-state index is 11.9. The highest BCUT2D eigenvalue weighted by molar-refractivity contribution is 5.92. The lowest BCUT2D eigenvalue weighted by atomic mass is 10.1. The van der Waals surface area contributed by atoms with E-state index in [0.717, 1.165) is 18.8 Å². The summed E-state index contributed by atoms with van der Waals surface area (Å²) in [4.78, 5) is 24.3. The fourth-order valence-corrected chi connectivity index (χ4v) is 2.24. The van der Waals surface area contributed by atoms with Gasteiger partial charge >= 0.3 is 0 Å². The first-order valence-electron chi connectivity index (χ1n) is 6.60. The third-order valence-corrected chi connectivity index (χ3v) is 3.21. The van der Waals surface area contributed by atoms with Crippen LogP contribution in [0.1, 0.15) is 19.3 Å². The minimum atomic E-state index is 0.0120. The molecule has 2 N–H and O–H groups in total. The summed E-state index contributed by atoms with van der Waals surface area (Å²) in [7, 11) is 0. The topological polar surface area (TPSA) is 61.4 Å². The number of carbonyl (C=O) groups excluding carboxylic acids is 2. The second-order valence-electron chi connectivity index (χ2n) is 4.72. The molecule has 1 fully saturated rings. The Morgan fingerprint density at radius 3 is 2.37 bits per heavy atom. The molecule has 0 radical (unpaired) electrons. The molecule has 0 saturated carbocycles. The van der Waals surface area contributed by atoms with Gasteiger partial charge in [-0.05, 0) is 50.2 Å². The summed E-state index contributed by atoms with van der Waals surface area (Å²) in [5.41, 5.74) is 1.46. The van der Waals surface area contributed by atoms with Gasteiger partial charge in [0.2, 0.25) is 12.3 Å². The second kappa shape index (κ2) is 6.89. The molecule has 1 aliphatic heterocycles. The van der Waals surface area contributed by atoms with Gasteiger partial charge in [-0.3, -0.25) is 14.5 Å². The first kappa shape index (κ1) is 13.5. The van der Waals surface area contributed by atoms with Crippen LogP contribution in [0, 0.1) is 0 Å². The summed E-state index contributed by atoms with van der Waals surface area (Å²) < 4.78 is 0. The molecular weight excluding hydrogens is 242 g/mol. The molecule has 0 atom stereocenters. The Balaban J connectivity index is 1.82. The van der Waals surface area contributed by atoms with Gasteiger partial charge in [-0.1, -0.05) is 6.42 Å². The Morgan fingerprint density at radius 2 is 1.74 bits per heavy atom. The molecule has 2 rings (SSSR count). The van der Waals surface area contributed by atoms with Crippen molar-refractivity contribution in [2.45, 2.75) is 19.3 Å². The van der Waals surface area contributed by atoms with Crippen LogP contribution in [-0.4, -0.2) is 36.9 Å². The summed E-state index contributed by atoms with van der Waals surface area (Å²) in [6.07, 6.45) is 4.26. The number of amides is 2. The quantitative estimate of drug-likeness (QED) is 0.793. The van der Waals surface area contributed by atoms with E-state index < -0.39 is 0 Å². The molecule has 0 unspecified atom stereocenters. The average molecular weight is 261 g/mol. The van der Waals surface area contributed by atoms with Crippen molar-refractivity contribution in [1.82, 2.24) is 4.90 Å². The van der Waals surface area contributed by atoms with E-state index in [-0.39, 0.29) is 5.91 Å². The van der Waals surface area contributed by atoms with E-state index in [0.29, 0.717) is 18.6 Å². The lowest BCUT2D eigenvalue weighted by Crippen LogP contribution is -2.36. The van der Waals surface area contributed by atoms with Gasteiger partial charge in [0.25, 0.3) is 0 Å². The van der Waals surface area contributed by atoms with Gasteiger partial charge in [0.15, 0.2) is 0 Å². The largest absolute Gasteiger partial charge is 0.329 e. The SMILES string of the molecule is O=CNc1ccc(NC(=O)CN2CCCCC2)cc1. The van der Waals surface area contributed by atoms with Crippen LogP contribution in [0.4, 0.5) is 11.4 Å². The van der Waals surface area contributed by atoms with E-state index in [4.69, 9.17) is 0 Å². The van der Waals surface area contributed by atoms with Gasteiger partial charge in [-0.25, -0.2) is 0 Å². The zero-order valence-corrected chi connectivity index (χ0v) is 10.9. The van der Waals surface area contributed by atoms with Gasteiger partial charge in [0.1, 0.15) is 0 Å². The van der Waals surface area contributed by atoms with Crippen molar-refractivity contribution in [3.8, 4) is 0 Å². The first-order chi connectivity index (χ1) is 9.28. The van der Waals surface area contributed by atoms with Crippen molar-refractivity contribution in [1.29, 1.82) is 0 Å². The van der Waals surface area contributed by atoms with Crippen molar-refractivity contribution >= 4 is 23.7 Å². The van der Waals surface area contributed by atoms with Crippen molar-refractivity contribution in [3.05, 3.63) is 24.3 Å². The molecule has 5 nitrogen and oxygen atoms in total. The monoisotopic (exact) mass is 261 g/mol. The molecule has 1 saturated heterocycles. The third-order valence-electron chi connectivity index (χ3n) is 3.21. The number of piperidine rings is 1. The molecule has 0 bridgehead atoms. The highest BCUT2D eigenvalue weighted by Gasteiger charge is 2.13. The van der Waals surface area contributed by atoms with Gasteiger partial charge in [-0.15, -0.1) is 0 Å². The number of anilines is 2. The predicted molar refractivity (Wildman–Crippen MR) is 75.0 cm³/mol. The summed E-state index contributed by atoms with van der Waals surface area (Å²) in [5, 5.41) is 5.41. The van der Waals surface area contributed by atoms with E-state index in [2.05, 4.69) is 15.5 Å². The highest BCUT2D eigenvalue weighted by atomic mass is 16.2. The van der Waals surface area contributed by atoms with E-state index >= 15 is 0 Å². The fraction of sp³-hybridized carbons (Fsp3) is 0.429. The van der Waals surface area contributed by atoms with E-state index in [1.165, 1.54) is 19.3 Å². The molecule has 2 amide bonds. The Hall–Kier alpha value is -1.88. The van der Waals surface area contributed by atoms with Crippen molar-refractivity contribution < 1.29 is 9.59 Å². The maximum Gasteiger partial charge on any atom is 0.238 e.